The van der Waals surface area contributed by atoms with E-state index in [-0.39, 0.29) is 5.91 Å². The van der Waals surface area contributed by atoms with Crippen molar-refractivity contribution >= 4 is 33.7 Å². The lowest BCUT2D eigenvalue weighted by Gasteiger charge is -2.05. The van der Waals surface area contributed by atoms with Gasteiger partial charge in [-0.25, -0.2) is 15.0 Å². The highest BCUT2D eigenvalue weighted by Crippen LogP contribution is 2.32. The van der Waals surface area contributed by atoms with Gasteiger partial charge >= 0.3 is 0 Å². The number of anilines is 1. The number of hydrogen-bond donors (Lipinski definition) is 1. The Labute approximate surface area is 177 Å². The molecular weight excluding hydrogens is 402 g/mol. The van der Waals surface area contributed by atoms with E-state index in [2.05, 4.69) is 58.4 Å². The molecule has 0 atom stereocenters. The van der Waals surface area contributed by atoms with E-state index in [4.69, 9.17) is 0 Å². The van der Waals surface area contributed by atoms with Crippen molar-refractivity contribution in [2.24, 2.45) is 7.05 Å². The molecule has 0 fully saturated rings. The molecule has 1 amide bonds. The Kier molecular flexibility index (Phi) is 5.29. The summed E-state index contributed by atoms with van der Waals surface area (Å²) in [6.07, 6.45) is 3.63. The van der Waals surface area contributed by atoms with E-state index in [1.165, 1.54) is 28.2 Å². The summed E-state index contributed by atoms with van der Waals surface area (Å²) >= 11 is 2.87. The first-order valence-electron chi connectivity index (χ1n) is 9.24. The highest BCUT2D eigenvalue weighted by atomic mass is 32.1. The van der Waals surface area contributed by atoms with E-state index in [0.29, 0.717) is 16.7 Å². The fraction of sp³-hybridized carbons (Fsp3) is 0.238. The largest absolute Gasteiger partial charge is 0.333 e. The number of nitrogens with zero attached hydrogens (tertiary/aromatic N) is 4. The van der Waals surface area contributed by atoms with Crippen LogP contribution in [0, 0.1) is 6.92 Å². The molecule has 148 valence electrons. The Hall–Kier alpha value is -2.84. The zero-order chi connectivity index (χ0) is 20.5. The van der Waals surface area contributed by atoms with Crippen LogP contribution < -0.4 is 5.32 Å². The summed E-state index contributed by atoms with van der Waals surface area (Å²) in [5.74, 6) is 1.06. The third kappa shape index (κ3) is 3.99. The molecule has 4 aromatic rings. The van der Waals surface area contributed by atoms with Crippen LogP contribution in [0.1, 0.15) is 41.5 Å². The van der Waals surface area contributed by atoms with Crippen LogP contribution in [0.25, 0.3) is 21.3 Å². The maximum atomic E-state index is 12.7. The summed E-state index contributed by atoms with van der Waals surface area (Å²) < 4.78 is 1.93. The number of amides is 1. The Balaban J connectivity index is 1.51. The maximum Gasteiger partial charge on any atom is 0.276 e. The molecule has 0 bridgehead atoms. The summed E-state index contributed by atoms with van der Waals surface area (Å²) in [4.78, 5) is 26.9. The molecule has 0 aliphatic carbocycles. The summed E-state index contributed by atoms with van der Waals surface area (Å²) in [6, 6.07) is 8.33. The molecule has 6 nitrogen and oxygen atoms in total. The number of carbonyl (C=O) groups excluding carboxylic acids is 1. The van der Waals surface area contributed by atoms with Crippen LogP contribution in [0.3, 0.4) is 0 Å². The highest BCUT2D eigenvalue weighted by Gasteiger charge is 2.17. The SMILES string of the molecule is Cc1nc(NC(=O)c2csc(-c3ccc(C(C)C)cc3)n2)sc1-c1nccn1C. The van der Waals surface area contributed by atoms with Crippen molar-refractivity contribution in [3.63, 3.8) is 0 Å². The predicted molar refractivity (Wildman–Crippen MR) is 119 cm³/mol. The number of aromatic nitrogens is 4. The maximum absolute atomic E-state index is 12.7. The van der Waals surface area contributed by atoms with Crippen molar-refractivity contribution in [3.05, 3.63) is 59.0 Å². The first kappa shape index (κ1) is 19.5. The minimum absolute atomic E-state index is 0.258. The highest BCUT2D eigenvalue weighted by molar-refractivity contribution is 7.19. The van der Waals surface area contributed by atoms with Gasteiger partial charge in [-0.3, -0.25) is 10.1 Å². The van der Waals surface area contributed by atoms with Gasteiger partial charge in [0.2, 0.25) is 0 Å². The molecule has 0 spiro atoms. The van der Waals surface area contributed by atoms with Gasteiger partial charge in [0.1, 0.15) is 10.7 Å². The van der Waals surface area contributed by atoms with Gasteiger partial charge in [0, 0.05) is 30.4 Å². The van der Waals surface area contributed by atoms with Gasteiger partial charge in [-0.05, 0) is 18.4 Å². The number of hydrogen-bond acceptors (Lipinski definition) is 6. The molecule has 4 rings (SSSR count). The lowest BCUT2D eigenvalue weighted by atomic mass is 10.0. The zero-order valence-corrected chi connectivity index (χ0v) is 18.3. The lowest BCUT2D eigenvalue weighted by Crippen LogP contribution is -2.12. The van der Waals surface area contributed by atoms with E-state index < -0.39 is 0 Å². The summed E-state index contributed by atoms with van der Waals surface area (Å²) in [5.41, 5.74) is 3.53. The van der Waals surface area contributed by atoms with Crippen molar-refractivity contribution in [3.8, 4) is 21.3 Å². The van der Waals surface area contributed by atoms with Crippen LogP contribution in [-0.4, -0.2) is 25.4 Å². The predicted octanol–water partition coefficient (Wildman–Crippen LogP) is 5.35. The molecule has 0 saturated carbocycles. The van der Waals surface area contributed by atoms with E-state index in [1.807, 2.05) is 24.7 Å². The van der Waals surface area contributed by atoms with E-state index in [1.54, 1.807) is 11.6 Å². The average Bonchev–Trinajstić information content (AvgIpc) is 3.42. The summed E-state index contributed by atoms with van der Waals surface area (Å²) in [7, 11) is 1.93. The number of aryl methyl sites for hydroxylation is 2. The Morgan fingerprint density at radius 1 is 1.17 bits per heavy atom. The van der Waals surface area contributed by atoms with Crippen molar-refractivity contribution in [2.45, 2.75) is 26.7 Å². The van der Waals surface area contributed by atoms with Crippen molar-refractivity contribution in [1.29, 1.82) is 0 Å². The number of carbonyl (C=O) groups is 1. The molecular formula is C21H21N5OS2. The minimum Gasteiger partial charge on any atom is -0.333 e. The van der Waals surface area contributed by atoms with Crippen LogP contribution in [-0.2, 0) is 7.05 Å². The minimum atomic E-state index is -0.258. The molecule has 0 aliphatic heterocycles. The summed E-state index contributed by atoms with van der Waals surface area (Å²) in [5, 5.41) is 6.02. The second kappa shape index (κ2) is 7.88. The summed E-state index contributed by atoms with van der Waals surface area (Å²) in [6.45, 7) is 6.25. The van der Waals surface area contributed by atoms with Crippen molar-refractivity contribution in [2.75, 3.05) is 5.32 Å². The molecule has 8 heteroatoms. The molecule has 0 saturated heterocycles. The van der Waals surface area contributed by atoms with Crippen LogP contribution >= 0.6 is 22.7 Å². The van der Waals surface area contributed by atoms with Gasteiger partial charge in [0.15, 0.2) is 11.0 Å². The monoisotopic (exact) mass is 423 g/mol. The fourth-order valence-electron chi connectivity index (χ4n) is 2.92. The quantitative estimate of drug-likeness (QED) is 0.469. The first-order chi connectivity index (χ1) is 13.9. The molecule has 3 aromatic heterocycles. The van der Waals surface area contributed by atoms with E-state index >= 15 is 0 Å². The molecule has 0 unspecified atom stereocenters. The van der Waals surface area contributed by atoms with Gasteiger partial charge in [-0.1, -0.05) is 49.4 Å². The standard InChI is InChI=1S/C21H21N5OS2/c1-12(2)14-5-7-15(8-6-14)20-24-16(11-28-20)19(27)25-21-23-13(3)17(29-21)18-22-9-10-26(18)4/h5-12H,1-4H3,(H,23,25,27). The Morgan fingerprint density at radius 3 is 2.59 bits per heavy atom. The molecule has 0 aliphatic rings. The van der Waals surface area contributed by atoms with Crippen molar-refractivity contribution in [1.82, 2.24) is 19.5 Å². The zero-order valence-electron chi connectivity index (χ0n) is 16.6. The second-order valence-corrected chi connectivity index (χ2v) is 8.92. The Bertz CT molecular complexity index is 1150. The topological polar surface area (TPSA) is 72.7 Å². The number of imidazole rings is 1. The van der Waals surface area contributed by atoms with Crippen LogP contribution in [0.15, 0.2) is 42.0 Å². The van der Waals surface area contributed by atoms with Crippen molar-refractivity contribution < 1.29 is 4.79 Å². The normalized spacial score (nSPS) is 11.2. The smallest absolute Gasteiger partial charge is 0.276 e. The van der Waals surface area contributed by atoms with E-state index in [0.717, 1.165) is 27.0 Å². The third-order valence-electron chi connectivity index (χ3n) is 4.60. The molecule has 1 aromatic carbocycles. The van der Waals surface area contributed by atoms with Gasteiger partial charge in [0.25, 0.3) is 5.91 Å². The van der Waals surface area contributed by atoms with Gasteiger partial charge in [0.05, 0.1) is 10.6 Å². The first-order valence-corrected chi connectivity index (χ1v) is 10.9. The van der Waals surface area contributed by atoms with Gasteiger partial charge in [-0.2, -0.15) is 0 Å². The average molecular weight is 424 g/mol. The lowest BCUT2D eigenvalue weighted by molar-refractivity contribution is 0.102. The second-order valence-electron chi connectivity index (χ2n) is 7.06. The van der Waals surface area contributed by atoms with Crippen LogP contribution in [0.5, 0.6) is 0 Å². The molecule has 1 N–H and O–H groups in total. The number of thiazole rings is 2. The van der Waals surface area contributed by atoms with Gasteiger partial charge < -0.3 is 4.57 Å². The number of nitrogens with one attached hydrogen (secondary N) is 1. The molecule has 0 radical (unpaired) electrons. The number of benzene rings is 1. The Morgan fingerprint density at radius 2 is 1.93 bits per heavy atom. The number of rotatable bonds is 5. The molecule has 29 heavy (non-hydrogen) atoms. The third-order valence-corrected chi connectivity index (χ3v) is 6.56. The molecule has 3 heterocycles. The van der Waals surface area contributed by atoms with E-state index in [9.17, 15) is 4.79 Å². The fourth-order valence-corrected chi connectivity index (χ4v) is 4.73. The van der Waals surface area contributed by atoms with Gasteiger partial charge in [-0.15, -0.1) is 11.3 Å². The van der Waals surface area contributed by atoms with Crippen LogP contribution in [0.4, 0.5) is 5.13 Å². The van der Waals surface area contributed by atoms with Crippen LogP contribution in [0.2, 0.25) is 0 Å².